The Morgan fingerprint density at radius 3 is 1.41 bits per heavy atom. The maximum Gasteiger partial charge on any atom is 0.310 e. The van der Waals surface area contributed by atoms with Crippen molar-refractivity contribution in [2.75, 3.05) is 0 Å². The van der Waals surface area contributed by atoms with E-state index in [4.69, 9.17) is 9.47 Å². The summed E-state index contributed by atoms with van der Waals surface area (Å²) in [6, 6.07) is 3.84. The molecule has 6 nitrogen and oxygen atoms in total. The smallest absolute Gasteiger partial charge is 0.310 e. The zero-order chi connectivity index (χ0) is 39.2. The van der Waals surface area contributed by atoms with Crippen molar-refractivity contribution >= 4 is 11.9 Å². The molecule has 0 heterocycles. The number of aromatic hydroxyl groups is 2. The molecule has 51 heavy (non-hydrogen) atoms. The van der Waals surface area contributed by atoms with E-state index in [1.54, 1.807) is 6.92 Å². The number of benzene rings is 2. The predicted molar refractivity (Wildman–Crippen MR) is 214 cm³/mol. The first-order chi connectivity index (χ1) is 23.6. The highest BCUT2D eigenvalue weighted by molar-refractivity contribution is 5.74. The molecule has 0 aliphatic heterocycles. The van der Waals surface area contributed by atoms with Crippen molar-refractivity contribution in [2.45, 2.75) is 203 Å². The van der Waals surface area contributed by atoms with Crippen LogP contribution in [0.3, 0.4) is 0 Å². The van der Waals surface area contributed by atoms with Crippen LogP contribution in [0.5, 0.6) is 23.0 Å². The number of carbonyl (C=O) groups excluding carboxylic acids is 2. The van der Waals surface area contributed by atoms with Gasteiger partial charge in [0.05, 0.1) is 0 Å². The van der Waals surface area contributed by atoms with Crippen molar-refractivity contribution in [3.63, 3.8) is 0 Å². The van der Waals surface area contributed by atoms with Crippen molar-refractivity contribution < 1.29 is 29.3 Å². The molecule has 2 rings (SSSR count). The van der Waals surface area contributed by atoms with Gasteiger partial charge in [-0.3, -0.25) is 9.59 Å². The Labute approximate surface area is 312 Å². The van der Waals surface area contributed by atoms with Gasteiger partial charge < -0.3 is 19.7 Å². The summed E-state index contributed by atoms with van der Waals surface area (Å²) in [5, 5.41) is 21.9. The third kappa shape index (κ3) is 14.5. The second-order valence-corrected chi connectivity index (χ2v) is 17.2. The lowest BCUT2D eigenvalue weighted by atomic mass is 9.76. The molecule has 0 spiro atoms. The van der Waals surface area contributed by atoms with E-state index in [2.05, 4.69) is 76.2 Å². The Kier molecular flexibility index (Phi) is 18.8. The number of hydrogen-bond donors (Lipinski definition) is 2. The van der Waals surface area contributed by atoms with Gasteiger partial charge in [0.1, 0.15) is 23.0 Å². The van der Waals surface area contributed by atoms with Crippen molar-refractivity contribution in [1.82, 2.24) is 0 Å². The van der Waals surface area contributed by atoms with Crippen LogP contribution >= 0.6 is 0 Å². The van der Waals surface area contributed by atoms with E-state index >= 15 is 0 Å². The van der Waals surface area contributed by atoms with Crippen LogP contribution in [0.15, 0.2) is 12.1 Å². The number of phenols is 2. The third-order valence-corrected chi connectivity index (χ3v) is 9.43. The molecule has 2 aromatic rings. The minimum absolute atomic E-state index is 0.112. The van der Waals surface area contributed by atoms with E-state index in [1.165, 1.54) is 44.9 Å². The second kappa shape index (κ2) is 20.9. The number of carbonyl (C=O) groups is 2. The fourth-order valence-corrected chi connectivity index (χ4v) is 6.43. The topological polar surface area (TPSA) is 93.1 Å². The van der Waals surface area contributed by atoms with Crippen molar-refractivity contribution in [3.05, 3.63) is 45.5 Å². The summed E-state index contributed by atoms with van der Waals surface area (Å²) in [5.41, 5.74) is 4.89. The molecule has 0 aromatic heterocycles. The molecule has 0 saturated heterocycles. The van der Waals surface area contributed by atoms with Crippen LogP contribution in [0, 0.1) is 6.92 Å². The van der Waals surface area contributed by atoms with Gasteiger partial charge in [-0.1, -0.05) is 141 Å². The first-order valence-electron chi connectivity index (χ1n) is 19.8. The molecule has 0 radical (unpaired) electrons. The quantitative estimate of drug-likeness (QED) is 0.102. The molecule has 0 aliphatic rings. The molecular weight excluding hydrogens is 636 g/mol. The summed E-state index contributed by atoms with van der Waals surface area (Å²) in [5.74, 6) is 1.26. The van der Waals surface area contributed by atoms with Gasteiger partial charge in [-0.15, -0.1) is 0 Å². The van der Waals surface area contributed by atoms with E-state index < -0.39 is 0 Å². The Balaban J connectivity index is 0.000000520. The van der Waals surface area contributed by atoms with Crippen molar-refractivity contribution in [3.8, 4) is 23.0 Å². The molecule has 0 saturated carbocycles. The standard InChI is InChI=1S/C25H42O3.C20H32O3/c1-9-11-12-13-14-15-16-18-20(28-21(26)10-2)17-19(24(3,4)5)23(27)22(18)25(6,7)8;1-7-9-10-11-12-15-16(20(4,5)6)13-17(14(3)19(15)22)23-18(21)8-2/h17,27H,9-16H2,1-8H3;13,22H,7-12H2,1-6H3. The van der Waals surface area contributed by atoms with Crippen LogP contribution in [-0.4, -0.2) is 22.2 Å². The van der Waals surface area contributed by atoms with E-state index in [0.717, 1.165) is 59.9 Å². The van der Waals surface area contributed by atoms with E-state index in [-0.39, 0.29) is 33.9 Å². The maximum atomic E-state index is 12.1. The van der Waals surface area contributed by atoms with Crippen LogP contribution in [0.25, 0.3) is 0 Å². The van der Waals surface area contributed by atoms with Gasteiger partial charge in [0.25, 0.3) is 0 Å². The van der Waals surface area contributed by atoms with Gasteiger partial charge in [0.15, 0.2) is 0 Å². The van der Waals surface area contributed by atoms with E-state index in [1.807, 2.05) is 26.0 Å². The lowest BCUT2D eigenvalue weighted by Gasteiger charge is -2.31. The average molecular weight is 711 g/mol. The normalized spacial score (nSPS) is 12.0. The number of esters is 2. The first kappa shape index (κ1) is 46.0. The van der Waals surface area contributed by atoms with Crippen LogP contribution in [0.1, 0.15) is 200 Å². The molecule has 0 fully saturated rings. The van der Waals surface area contributed by atoms with Gasteiger partial charge in [0, 0.05) is 35.1 Å². The first-order valence-corrected chi connectivity index (χ1v) is 19.8. The van der Waals surface area contributed by atoms with Crippen LogP contribution in [0.2, 0.25) is 0 Å². The summed E-state index contributed by atoms with van der Waals surface area (Å²) in [4.78, 5) is 23.7. The van der Waals surface area contributed by atoms with E-state index in [0.29, 0.717) is 35.7 Å². The van der Waals surface area contributed by atoms with E-state index in [9.17, 15) is 19.8 Å². The fraction of sp³-hybridized carbons (Fsp3) is 0.689. The van der Waals surface area contributed by atoms with Crippen molar-refractivity contribution in [1.29, 1.82) is 0 Å². The lowest BCUT2D eigenvalue weighted by molar-refractivity contribution is -0.135. The minimum Gasteiger partial charge on any atom is -0.507 e. The number of ether oxygens (including phenoxy) is 2. The second-order valence-electron chi connectivity index (χ2n) is 17.2. The van der Waals surface area contributed by atoms with Gasteiger partial charge in [-0.2, -0.15) is 0 Å². The largest absolute Gasteiger partial charge is 0.507 e. The SMILES string of the molecule is CCCCCCCCc1c(OC(=O)CC)cc(C(C)(C)C)c(O)c1C(C)(C)C.CCCCCCc1c(C(C)(C)C)cc(OC(=O)CC)c(C)c1O. The molecule has 0 atom stereocenters. The predicted octanol–water partition coefficient (Wildman–Crippen LogP) is 12.6. The Bertz CT molecular complexity index is 1400. The number of hydrogen-bond acceptors (Lipinski definition) is 6. The number of phenolic OH excluding ortho intramolecular Hbond substituents is 2. The molecule has 0 amide bonds. The van der Waals surface area contributed by atoms with Crippen LogP contribution in [-0.2, 0) is 38.7 Å². The average Bonchev–Trinajstić information content (AvgIpc) is 3.03. The van der Waals surface area contributed by atoms with Crippen LogP contribution in [0.4, 0.5) is 0 Å². The molecule has 6 heteroatoms. The van der Waals surface area contributed by atoms with Gasteiger partial charge in [0.2, 0.25) is 0 Å². The Morgan fingerprint density at radius 1 is 0.549 bits per heavy atom. The third-order valence-electron chi connectivity index (χ3n) is 9.43. The molecular formula is C45H74O6. The lowest BCUT2D eigenvalue weighted by Crippen LogP contribution is -2.21. The number of unbranched alkanes of at least 4 members (excludes halogenated alkanes) is 8. The van der Waals surface area contributed by atoms with Gasteiger partial charge >= 0.3 is 11.9 Å². The molecule has 2 N–H and O–H groups in total. The van der Waals surface area contributed by atoms with Gasteiger partial charge in [-0.05, 0) is 72.1 Å². The number of rotatable bonds is 16. The zero-order valence-corrected chi connectivity index (χ0v) is 35.1. The summed E-state index contributed by atoms with van der Waals surface area (Å²) < 4.78 is 11.2. The molecule has 0 bridgehead atoms. The molecule has 2 aromatic carbocycles. The highest BCUT2D eigenvalue weighted by atomic mass is 16.5. The summed E-state index contributed by atoms with van der Waals surface area (Å²) in [6.45, 7) is 28.8. The maximum absolute atomic E-state index is 12.1. The fourth-order valence-electron chi connectivity index (χ4n) is 6.43. The molecule has 0 unspecified atom stereocenters. The van der Waals surface area contributed by atoms with Crippen LogP contribution < -0.4 is 9.47 Å². The monoisotopic (exact) mass is 711 g/mol. The Hall–Kier alpha value is -3.02. The molecule has 290 valence electrons. The summed E-state index contributed by atoms with van der Waals surface area (Å²) in [6.07, 6.45) is 14.2. The Morgan fingerprint density at radius 2 is 0.961 bits per heavy atom. The van der Waals surface area contributed by atoms with Crippen molar-refractivity contribution in [2.24, 2.45) is 0 Å². The highest BCUT2D eigenvalue weighted by Crippen LogP contribution is 2.46. The zero-order valence-electron chi connectivity index (χ0n) is 35.1. The minimum atomic E-state index is -0.275. The summed E-state index contributed by atoms with van der Waals surface area (Å²) >= 11 is 0. The summed E-state index contributed by atoms with van der Waals surface area (Å²) in [7, 11) is 0. The molecule has 0 aliphatic carbocycles. The van der Waals surface area contributed by atoms with Gasteiger partial charge in [-0.25, -0.2) is 0 Å². The highest BCUT2D eigenvalue weighted by Gasteiger charge is 2.31.